The van der Waals surface area contributed by atoms with E-state index in [0.29, 0.717) is 0 Å². The molecule has 2 aromatic carbocycles. The van der Waals surface area contributed by atoms with E-state index in [1.165, 1.54) is 5.56 Å². The van der Waals surface area contributed by atoms with Crippen LogP contribution < -0.4 is 5.32 Å². The molecule has 98 valence electrons. The van der Waals surface area contributed by atoms with Gasteiger partial charge in [-0.2, -0.15) is 0 Å². The third-order valence-electron chi connectivity index (χ3n) is 3.73. The van der Waals surface area contributed by atoms with Crippen LogP contribution in [0.1, 0.15) is 29.2 Å². The minimum Gasteiger partial charge on any atom is -0.378 e. The summed E-state index contributed by atoms with van der Waals surface area (Å²) in [5.74, 6) is -0.0770. The first-order chi connectivity index (χ1) is 9.15. The Morgan fingerprint density at radius 1 is 1.26 bits per heavy atom. The number of aryl methyl sites for hydroxylation is 1. The van der Waals surface area contributed by atoms with Gasteiger partial charge in [0.2, 0.25) is 0 Å². The average molecular weight is 320 g/mol. The van der Waals surface area contributed by atoms with Crippen LogP contribution in [0.3, 0.4) is 0 Å². The monoisotopic (exact) mass is 319 g/mol. The number of rotatable bonds is 2. The first kappa shape index (κ1) is 12.7. The Morgan fingerprint density at radius 3 is 2.89 bits per heavy atom. The predicted molar refractivity (Wildman–Crippen MR) is 80.0 cm³/mol. The molecule has 0 spiro atoms. The van der Waals surface area contributed by atoms with Crippen LogP contribution in [0.25, 0.3) is 0 Å². The third-order valence-corrected chi connectivity index (χ3v) is 4.58. The van der Waals surface area contributed by atoms with Crippen molar-refractivity contribution in [2.24, 2.45) is 0 Å². The maximum Gasteiger partial charge on any atom is 0.126 e. The van der Waals surface area contributed by atoms with E-state index in [0.717, 1.165) is 34.1 Å². The Kier molecular flexibility index (Phi) is 3.31. The SMILES string of the molecule is Cc1ccc(NC2CCc3c(F)cccc32)cc1Br. The van der Waals surface area contributed by atoms with Crippen molar-refractivity contribution < 1.29 is 4.39 Å². The van der Waals surface area contributed by atoms with E-state index >= 15 is 0 Å². The van der Waals surface area contributed by atoms with Crippen LogP contribution in [0.2, 0.25) is 0 Å². The Labute approximate surface area is 121 Å². The van der Waals surface area contributed by atoms with Gasteiger partial charge in [-0.1, -0.05) is 34.1 Å². The minimum absolute atomic E-state index is 0.0770. The second-order valence-corrected chi connectivity index (χ2v) is 5.86. The fourth-order valence-corrected chi connectivity index (χ4v) is 3.02. The van der Waals surface area contributed by atoms with Crippen molar-refractivity contribution in [2.75, 3.05) is 5.32 Å². The van der Waals surface area contributed by atoms with Crippen LogP contribution in [0.4, 0.5) is 10.1 Å². The average Bonchev–Trinajstić information content (AvgIpc) is 2.79. The maximum absolute atomic E-state index is 13.7. The quantitative estimate of drug-likeness (QED) is 0.821. The van der Waals surface area contributed by atoms with Crippen molar-refractivity contribution in [3.8, 4) is 0 Å². The number of hydrogen-bond donors (Lipinski definition) is 1. The van der Waals surface area contributed by atoms with E-state index in [1.807, 2.05) is 6.07 Å². The highest BCUT2D eigenvalue weighted by molar-refractivity contribution is 9.10. The minimum atomic E-state index is -0.0770. The van der Waals surface area contributed by atoms with Crippen molar-refractivity contribution >= 4 is 21.6 Å². The van der Waals surface area contributed by atoms with Gasteiger partial charge in [0.05, 0.1) is 6.04 Å². The zero-order valence-electron chi connectivity index (χ0n) is 10.7. The first-order valence-electron chi connectivity index (χ1n) is 6.45. The number of fused-ring (bicyclic) bond motifs is 1. The molecule has 0 bridgehead atoms. The van der Waals surface area contributed by atoms with Crippen molar-refractivity contribution in [2.45, 2.75) is 25.8 Å². The van der Waals surface area contributed by atoms with Crippen molar-refractivity contribution in [3.63, 3.8) is 0 Å². The molecule has 0 aliphatic heterocycles. The fraction of sp³-hybridized carbons (Fsp3) is 0.250. The summed E-state index contributed by atoms with van der Waals surface area (Å²) < 4.78 is 14.8. The predicted octanol–water partition coefficient (Wildman–Crippen LogP) is 5.00. The fourth-order valence-electron chi connectivity index (χ4n) is 2.64. The van der Waals surface area contributed by atoms with Gasteiger partial charge in [-0.25, -0.2) is 4.39 Å². The van der Waals surface area contributed by atoms with Gasteiger partial charge in [-0.05, 0) is 54.7 Å². The van der Waals surface area contributed by atoms with E-state index in [1.54, 1.807) is 12.1 Å². The number of nitrogens with one attached hydrogen (secondary N) is 1. The lowest BCUT2D eigenvalue weighted by Gasteiger charge is -2.16. The van der Waals surface area contributed by atoms with Gasteiger partial charge in [0.15, 0.2) is 0 Å². The standard InChI is InChI=1S/C16H15BrFN/c1-10-5-6-11(9-14(10)17)19-16-8-7-12-13(16)3-2-4-15(12)18/h2-6,9,16,19H,7-8H2,1H3. The lowest BCUT2D eigenvalue weighted by molar-refractivity contribution is 0.612. The van der Waals surface area contributed by atoms with Crippen LogP contribution in [0.15, 0.2) is 40.9 Å². The molecule has 0 amide bonds. The third kappa shape index (κ3) is 2.39. The number of benzene rings is 2. The molecule has 1 unspecified atom stereocenters. The van der Waals surface area contributed by atoms with Gasteiger partial charge in [0.1, 0.15) is 5.82 Å². The summed E-state index contributed by atoms with van der Waals surface area (Å²) in [6, 6.07) is 11.8. The zero-order chi connectivity index (χ0) is 13.4. The van der Waals surface area contributed by atoms with Crippen LogP contribution >= 0.6 is 15.9 Å². The van der Waals surface area contributed by atoms with E-state index in [2.05, 4.69) is 46.4 Å². The van der Waals surface area contributed by atoms with Crippen molar-refractivity contribution in [1.82, 2.24) is 0 Å². The van der Waals surface area contributed by atoms with Gasteiger partial charge in [0.25, 0.3) is 0 Å². The van der Waals surface area contributed by atoms with Gasteiger partial charge < -0.3 is 5.32 Å². The molecular weight excluding hydrogens is 305 g/mol. The van der Waals surface area contributed by atoms with Crippen molar-refractivity contribution in [3.05, 3.63) is 63.4 Å². The summed E-state index contributed by atoms with van der Waals surface area (Å²) in [5, 5.41) is 3.50. The topological polar surface area (TPSA) is 12.0 Å². The van der Waals surface area contributed by atoms with Gasteiger partial charge >= 0.3 is 0 Å². The molecule has 0 aromatic heterocycles. The second kappa shape index (κ2) is 4.97. The van der Waals surface area contributed by atoms with Gasteiger partial charge in [0, 0.05) is 10.2 Å². The largest absolute Gasteiger partial charge is 0.378 e. The number of anilines is 1. The molecule has 1 nitrogen and oxygen atoms in total. The van der Waals surface area contributed by atoms with Gasteiger partial charge in [-0.3, -0.25) is 0 Å². The number of hydrogen-bond acceptors (Lipinski definition) is 1. The molecular formula is C16H15BrFN. The first-order valence-corrected chi connectivity index (χ1v) is 7.24. The molecule has 1 atom stereocenters. The highest BCUT2D eigenvalue weighted by atomic mass is 79.9. The summed E-state index contributed by atoms with van der Waals surface area (Å²) in [4.78, 5) is 0. The summed E-state index contributed by atoms with van der Waals surface area (Å²) in [5.41, 5.74) is 4.24. The Hall–Kier alpha value is -1.35. The van der Waals surface area contributed by atoms with E-state index < -0.39 is 0 Å². The van der Waals surface area contributed by atoms with Crippen LogP contribution in [0.5, 0.6) is 0 Å². The summed E-state index contributed by atoms with van der Waals surface area (Å²) in [6.07, 6.45) is 1.76. The van der Waals surface area contributed by atoms with E-state index in [9.17, 15) is 4.39 Å². The Bertz CT molecular complexity index is 624. The van der Waals surface area contributed by atoms with Crippen molar-refractivity contribution in [1.29, 1.82) is 0 Å². The second-order valence-electron chi connectivity index (χ2n) is 5.01. The van der Waals surface area contributed by atoms with E-state index in [-0.39, 0.29) is 11.9 Å². The summed E-state index contributed by atoms with van der Waals surface area (Å²) in [6.45, 7) is 2.06. The molecule has 1 aliphatic carbocycles. The summed E-state index contributed by atoms with van der Waals surface area (Å²) >= 11 is 3.54. The van der Waals surface area contributed by atoms with Crippen LogP contribution in [-0.2, 0) is 6.42 Å². The lowest BCUT2D eigenvalue weighted by atomic mass is 10.1. The summed E-state index contributed by atoms with van der Waals surface area (Å²) in [7, 11) is 0. The number of halogens is 2. The molecule has 3 heteroatoms. The molecule has 0 fully saturated rings. The molecule has 0 radical (unpaired) electrons. The Morgan fingerprint density at radius 2 is 2.11 bits per heavy atom. The highest BCUT2D eigenvalue weighted by Gasteiger charge is 2.24. The lowest BCUT2D eigenvalue weighted by Crippen LogP contribution is -2.07. The normalized spacial score (nSPS) is 17.3. The molecule has 19 heavy (non-hydrogen) atoms. The Balaban J connectivity index is 1.86. The molecule has 1 aliphatic rings. The zero-order valence-corrected chi connectivity index (χ0v) is 12.3. The van der Waals surface area contributed by atoms with Crippen LogP contribution in [-0.4, -0.2) is 0 Å². The molecule has 0 heterocycles. The van der Waals surface area contributed by atoms with Gasteiger partial charge in [-0.15, -0.1) is 0 Å². The van der Waals surface area contributed by atoms with Crippen LogP contribution in [0, 0.1) is 12.7 Å². The molecule has 1 N–H and O–H groups in total. The highest BCUT2D eigenvalue weighted by Crippen LogP contribution is 2.35. The molecule has 0 saturated heterocycles. The molecule has 2 aromatic rings. The smallest absolute Gasteiger partial charge is 0.126 e. The molecule has 0 saturated carbocycles. The maximum atomic E-state index is 13.7. The van der Waals surface area contributed by atoms with E-state index in [4.69, 9.17) is 0 Å². The molecule has 3 rings (SSSR count).